The SMILES string of the molecule is O=C=NC(=O)CCI. The fraction of sp³-hybridized carbons (Fsp3) is 0.500. The van der Waals surface area contributed by atoms with Gasteiger partial charge in [-0.25, -0.2) is 4.79 Å². The zero-order valence-corrected chi connectivity index (χ0v) is 6.21. The molecular weight excluding hydrogens is 221 g/mol. The molecule has 0 unspecified atom stereocenters. The lowest BCUT2D eigenvalue weighted by molar-refractivity contribution is -0.117. The van der Waals surface area contributed by atoms with Crippen molar-refractivity contribution in [3.05, 3.63) is 0 Å². The summed E-state index contributed by atoms with van der Waals surface area (Å²) in [5, 5.41) is 0. The van der Waals surface area contributed by atoms with Crippen molar-refractivity contribution < 1.29 is 9.59 Å². The van der Waals surface area contributed by atoms with Crippen LogP contribution in [0.15, 0.2) is 4.99 Å². The van der Waals surface area contributed by atoms with Crippen molar-refractivity contribution in [3.8, 4) is 0 Å². The molecular formula is C4H4INO2. The molecule has 0 bridgehead atoms. The fourth-order valence-electron chi connectivity index (χ4n) is 0.188. The van der Waals surface area contributed by atoms with Gasteiger partial charge in [0.2, 0.25) is 6.08 Å². The lowest BCUT2D eigenvalue weighted by Crippen LogP contribution is -1.91. The van der Waals surface area contributed by atoms with Crippen molar-refractivity contribution in [2.75, 3.05) is 4.43 Å². The fourth-order valence-corrected chi connectivity index (χ4v) is 0.649. The van der Waals surface area contributed by atoms with E-state index in [0.29, 0.717) is 10.8 Å². The molecule has 0 aromatic heterocycles. The Morgan fingerprint density at radius 1 is 1.75 bits per heavy atom. The molecule has 4 heteroatoms. The van der Waals surface area contributed by atoms with Gasteiger partial charge in [-0.3, -0.25) is 4.79 Å². The summed E-state index contributed by atoms with van der Waals surface area (Å²) in [6.07, 6.45) is 1.50. The van der Waals surface area contributed by atoms with Gasteiger partial charge in [0.1, 0.15) is 0 Å². The van der Waals surface area contributed by atoms with Crippen LogP contribution < -0.4 is 0 Å². The highest BCUT2D eigenvalue weighted by Crippen LogP contribution is 1.89. The third-order valence-corrected chi connectivity index (χ3v) is 1.02. The van der Waals surface area contributed by atoms with E-state index >= 15 is 0 Å². The van der Waals surface area contributed by atoms with E-state index in [4.69, 9.17) is 0 Å². The predicted octanol–water partition coefficient (Wildman–Crippen LogP) is 0.674. The highest BCUT2D eigenvalue weighted by molar-refractivity contribution is 14.1. The quantitative estimate of drug-likeness (QED) is 0.300. The van der Waals surface area contributed by atoms with Crippen LogP contribution in [0.5, 0.6) is 0 Å². The van der Waals surface area contributed by atoms with Crippen molar-refractivity contribution in [1.29, 1.82) is 0 Å². The van der Waals surface area contributed by atoms with E-state index in [2.05, 4.69) is 4.99 Å². The summed E-state index contributed by atoms with van der Waals surface area (Å²) >= 11 is 2.03. The Labute approximate surface area is 60.3 Å². The second kappa shape index (κ2) is 4.93. The molecule has 0 spiro atoms. The van der Waals surface area contributed by atoms with Crippen molar-refractivity contribution >= 4 is 34.6 Å². The number of amides is 1. The van der Waals surface area contributed by atoms with Crippen LogP contribution in [0.1, 0.15) is 6.42 Å². The van der Waals surface area contributed by atoms with E-state index in [0.717, 1.165) is 0 Å². The molecule has 0 fully saturated rings. The normalized spacial score (nSPS) is 7.62. The number of aliphatic imine (C=N–C) groups is 1. The maximum Gasteiger partial charge on any atom is 0.257 e. The van der Waals surface area contributed by atoms with Gasteiger partial charge in [-0.05, 0) is 0 Å². The monoisotopic (exact) mass is 225 g/mol. The number of hydrogen-bond donors (Lipinski definition) is 0. The number of alkyl halides is 1. The summed E-state index contributed by atoms with van der Waals surface area (Å²) in [6, 6.07) is 0. The first-order valence-corrected chi connectivity index (χ1v) is 3.50. The van der Waals surface area contributed by atoms with E-state index < -0.39 is 5.91 Å². The molecule has 3 nitrogen and oxygen atoms in total. The molecule has 0 aliphatic rings. The molecule has 0 radical (unpaired) electrons. The summed E-state index contributed by atoms with van der Waals surface area (Å²) in [5.74, 6) is -0.394. The summed E-state index contributed by atoms with van der Waals surface area (Å²) in [5.41, 5.74) is 0. The van der Waals surface area contributed by atoms with Gasteiger partial charge in [-0.2, -0.15) is 0 Å². The number of nitrogens with zero attached hydrogens (tertiary/aromatic N) is 1. The van der Waals surface area contributed by atoms with Crippen LogP contribution >= 0.6 is 22.6 Å². The standard InChI is InChI=1S/C4H4INO2/c5-2-1-4(8)6-3-7/h1-2H2. The van der Waals surface area contributed by atoms with Gasteiger partial charge in [0.05, 0.1) is 0 Å². The molecule has 0 aromatic carbocycles. The molecule has 0 saturated heterocycles. The van der Waals surface area contributed by atoms with E-state index in [1.54, 1.807) is 0 Å². The Morgan fingerprint density at radius 2 is 2.38 bits per heavy atom. The zero-order chi connectivity index (χ0) is 6.41. The summed E-state index contributed by atoms with van der Waals surface area (Å²) in [7, 11) is 0. The molecule has 0 atom stereocenters. The summed E-state index contributed by atoms with van der Waals surface area (Å²) in [6.45, 7) is 0. The molecule has 0 saturated carbocycles. The maximum atomic E-state index is 10.2. The Balaban J connectivity index is 3.49. The smallest absolute Gasteiger partial charge is 0.257 e. The summed E-state index contributed by atoms with van der Waals surface area (Å²) in [4.78, 5) is 22.4. The van der Waals surface area contributed by atoms with Crippen LogP contribution in [-0.2, 0) is 9.59 Å². The van der Waals surface area contributed by atoms with Gasteiger partial charge < -0.3 is 0 Å². The van der Waals surface area contributed by atoms with Crippen molar-refractivity contribution in [1.82, 2.24) is 0 Å². The first kappa shape index (κ1) is 7.78. The third kappa shape index (κ3) is 3.95. The predicted molar refractivity (Wildman–Crippen MR) is 36.6 cm³/mol. The number of carbonyl (C=O) groups is 1. The van der Waals surface area contributed by atoms with Gasteiger partial charge in [-0.15, -0.1) is 4.99 Å². The molecule has 0 aromatic rings. The van der Waals surface area contributed by atoms with Crippen molar-refractivity contribution in [3.63, 3.8) is 0 Å². The Hall–Kier alpha value is -0.220. The molecule has 0 rings (SSSR count). The minimum Gasteiger partial charge on any atom is -0.272 e. The van der Waals surface area contributed by atoms with Crippen LogP contribution in [-0.4, -0.2) is 16.4 Å². The summed E-state index contributed by atoms with van der Waals surface area (Å²) < 4.78 is 0.696. The van der Waals surface area contributed by atoms with E-state index in [1.807, 2.05) is 22.6 Å². The Bertz CT molecular complexity index is 128. The molecule has 0 N–H and O–H groups in total. The number of halogens is 1. The maximum absolute atomic E-state index is 10.2. The van der Waals surface area contributed by atoms with Crippen LogP contribution in [0.25, 0.3) is 0 Å². The third-order valence-electron chi connectivity index (χ3n) is 0.479. The molecule has 8 heavy (non-hydrogen) atoms. The van der Waals surface area contributed by atoms with Gasteiger partial charge in [-0.1, -0.05) is 22.6 Å². The highest BCUT2D eigenvalue weighted by Gasteiger charge is 1.92. The lowest BCUT2D eigenvalue weighted by atomic mass is 10.5. The topological polar surface area (TPSA) is 46.5 Å². The first-order chi connectivity index (χ1) is 3.81. The molecule has 1 amide bonds. The highest BCUT2D eigenvalue weighted by atomic mass is 127. The van der Waals surface area contributed by atoms with Crippen LogP contribution in [0.2, 0.25) is 0 Å². The zero-order valence-electron chi connectivity index (χ0n) is 4.06. The largest absolute Gasteiger partial charge is 0.272 e. The number of rotatable bonds is 2. The van der Waals surface area contributed by atoms with Crippen LogP contribution in [0, 0.1) is 0 Å². The van der Waals surface area contributed by atoms with Crippen molar-refractivity contribution in [2.45, 2.75) is 6.42 Å². The number of isocyanates is 1. The average molecular weight is 225 g/mol. The molecule has 0 heterocycles. The second-order valence-corrected chi connectivity index (χ2v) is 2.11. The van der Waals surface area contributed by atoms with E-state index in [9.17, 15) is 9.59 Å². The minimum absolute atomic E-state index is 0.329. The molecule has 44 valence electrons. The Morgan fingerprint density at radius 3 is 2.75 bits per heavy atom. The average Bonchev–Trinajstić information content (AvgIpc) is 1.68. The number of hydrogen-bond acceptors (Lipinski definition) is 2. The molecule has 0 aliphatic carbocycles. The van der Waals surface area contributed by atoms with Crippen LogP contribution in [0.4, 0.5) is 0 Å². The van der Waals surface area contributed by atoms with E-state index in [1.165, 1.54) is 6.08 Å². The number of carbonyl (C=O) groups excluding carboxylic acids is 2. The lowest BCUT2D eigenvalue weighted by Gasteiger charge is -1.79. The van der Waals surface area contributed by atoms with Gasteiger partial charge in [0, 0.05) is 10.8 Å². The molecule has 0 aliphatic heterocycles. The van der Waals surface area contributed by atoms with Gasteiger partial charge in [0.15, 0.2) is 0 Å². The first-order valence-electron chi connectivity index (χ1n) is 1.98. The second-order valence-electron chi connectivity index (χ2n) is 1.04. The van der Waals surface area contributed by atoms with Gasteiger partial charge in [0.25, 0.3) is 5.91 Å². The minimum atomic E-state index is -0.394. The van der Waals surface area contributed by atoms with Gasteiger partial charge >= 0.3 is 0 Å². The Kier molecular flexibility index (Phi) is 4.79. The van der Waals surface area contributed by atoms with Crippen molar-refractivity contribution in [2.24, 2.45) is 4.99 Å². The van der Waals surface area contributed by atoms with Crippen LogP contribution in [0.3, 0.4) is 0 Å². The van der Waals surface area contributed by atoms with E-state index in [-0.39, 0.29) is 0 Å².